The smallest absolute Gasteiger partial charge is 0.354 e. The molecule has 5 nitrogen and oxygen atoms in total. The maximum atomic E-state index is 13.6. The molecule has 142 valence electrons. The van der Waals surface area contributed by atoms with Crippen LogP contribution in [0.15, 0.2) is 24.3 Å². The summed E-state index contributed by atoms with van der Waals surface area (Å²) < 4.78 is 52.9. The third kappa shape index (κ3) is 5.83. The lowest BCUT2D eigenvalue weighted by Crippen LogP contribution is -2.18. The zero-order valence-electron chi connectivity index (χ0n) is 14.8. The molecule has 0 bridgehead atoms. The molecule has 1 aromatic heterocycles. The van der Waals surface area contributed by atoms with Gasteiger partial charge >= 0.3 is 6.18 Å². The molecule has 2 N–H and O–H groups in total. The van der Waals surface area contributed by atoms with E-state index in [9.17, 15) is 17.6 Å². The quantitative estimate of drug-likeness (QED) is 0.568. The molecule has 9 heteroatoms. The van der Waals surface area contributed by atoms with Gasteiger partial charge in [0.25, 0.3) is 0 Å². The molecule has 0 aliphatic rings. The zero-order valence-corrected chi connectivity index (χ0v) is 14.8. The fraction of sp³-hybridized carbons (Fsp3) is 0.412. The topological polar surface area (TPSA) is 53.1 Å². The zero-order chi connectivity index (χ0) is 19.3. The predicted octanol–water partition coefficient (Wildman–Crippen LogP) is 4.05. The molecule has 1 aromatic carbocycles. The van der Waals surface area contributed by atoms with Crippen LogP contribution in [0, 0.1) is 12.7 Å². The summed E-state index contributed by atoms with van der Waals surface area (Å²) in [7, 11) is 3.81. The van der Waals surface area contributed by atoms with Crippen LogP contribution in [0.5, 0.6) is 0 Å². The van der Waals surface area contributed by atoms with E-state index in [0.717, 1.165) is 19.0 Å². The molecule has 0 radical (unpaired) electrons. The summed E-state index contributed by atoms with van der Waals surface area (Å²) in [5.74, 6) is -0.651. The second-order valence-electron chi connectivity index (χ2n) is 6.13. The highest BCUT2D eigenvalue weighted by Gasteiger charge is 2.33. The monoisotopic (exact) mass is 371 g/mol. The second kappa shape index (κ2) is 8.31. The third-order valence-corrected chi connectivity index (χ3v) is 3.53. The number of rotatable bonds is 7. The highest BCUT2D eigenvalue weighted by atomic mass is 19.4. The molecule has 2 aromatic rings. The molecule has 0 atom stereocenters. The van der Waals surface area contributed by atoms with Gasteiger partial charge in [-0.3, -0.25) is 0 Å². The standard InChI is InChI=1S/C17H21F4N5/c1-11-5-6-12(9-13(11)18)23-15-10-14(17(19,20)21)24-16(25-15)22-7-4-8-26(2)3/h5-6,9-10H,4,7-8H2,1-3H3,(H2,22,23,24,25). The Morgan fingerprint density at radius 3 is 2.46 bits per heavy atom. The second-order valence-corrected chi connectivity index (χ2v) is 6.13. The van der Waals surface area contributed by atoms with Crippen molar-refractivity contribution in [3.05, 3.63) is 41.3 Å². The van der Waals surface area contributed by atoms with Crippen molar-refractivity contribution in [3.63, 3.8) is 0 Å². The van der Waals surface area contributed by atoms with Crippen molar-refractivity contribution < 1.29 is 17.6 Å². The van der Waals surface area contributed by atoms with Crippen molar-refractivity contribution in [2.45, 2.75) is 19.5 Å². The van der Waals surface area contributed by atoms with Crippen LogP contribution < -0.4 is 10.6 Å². The van der Waals surface area contributed by atoms with Gasteiger partial charge in [-0.2, -0.15) is 18.2 Å². The lowest BCUT2D eigenvalue weighted by atomic mass is 10.2. The van der Waals surface area contributed by atoms with Crippen LogP contribution in [0.1, 0.15) is 17.7 Å². The van der Waals surface area contributed by atoms with Crippen LogP contribution in [0.3, 0.4) is 0 Å². The fourth-order valence-electron chi connectivity index (χ4n) is 2.15. The average Bonchev–Trinajstić information content (AvgIpc) is 2.54. The highest BCUT2D eigenvalue weighted by molar-refractivity contribution is 5.58. The van der Waals surface area contributed by atoms with E-state index in [1.54, 1.807) is 13.0 Å². The highest BCUT2D eigenvalue weighted by Crippen LogP contribution is 2.30. The molecule has 0 aliphatic carbocycles. The van der Waals surface area contributed by atoms with Gasteiger partial charge in [0.05, 0.1) is 0 Å². The molecule has 0 saturated carbocycles. The summed E-state index contributed by atoms with van der Waals surface area (Å²) in [5, 5.41) is 5.49. The fourth-order valence-corrected chi connectivity index (χ4v) is 2.15. The van der Waals surface area contributed by atoms with Crippen LogP contribution in [-0.4, -0.2) is 42.1 Å². The number of aryl methyl sites for hydroxylation is 1. The Morgan fingerprint density at radius 1 is 1.12 bits per heavy atom. The Balaban J connectivity index is 2.20. The van der Waals surface area contributed by atoms with Crippen molar-refractivity contribution in [1.82, 2.24) is 14.9 Å². The molecule has 0 unspecified atom stereocenters. The molecule has 0 fully saturated rings. The summed E-state index contributed by atoms with van der Waals surface area (Å²) in [4.78, 5) is 9.53. The van der Waals surface area contributed by atoms with Gasteiger partial charge in [0.2, 0.25) is 5.95 Å². The van der Waals surface area contributed by atoms with Crippen molar-refractivity contribution in [2.75, 3.05) is 37.8 Å². The van der Waals surface area contributed by atoms with Gasteiger partial charge in [-0.1, -0.05) is 6.07 Å². The number of nitrogens with zero attached hydrogens (tertiary/aromatic N) is 3. The summed E-state index contributed by atoms with van der Waals surface area (Å²) in [6.07, 6.45) is -3.89. The third-order valence-electron chi connectivity index (χ3n) is 3.53. The first-order valence-corrected chi connectivity index (χ1v) is 8.03. The number of hydrogen-bond donors (Lipinski definition) is 2. The van der Waals surface area contributed by atoms with Crippen LogP contribution in [0.4, 0.5) is 35.0 Å². The van der Waals surface area contributed by atoms with E-state index < -0.39 is 17.7 Å². The predicted molar refractivity (Wildman–Crippen MR) is 93.1 cm³/mol. The maximum absolute atomic E-state index is 13.6. The minimum absolute atomic E-state index is 0.0642. The number of aromatic nitrogens is 2. The Bertz CT molecular complexity index is 746. The lowest BCUT2D eigenvalue weighted by molar-refractivity contribution is -0.141. The number of alkyl halides is 3. The molecule has 0 saturated heterocycles. The summed E-state index contributed by atoms with van der Waals surface area (Å²) >= 11 is 0. The van der Waals surface area contributed by atoms with Crippen LogP contribution in [0.25, 0.3) is 0 Å². The molecular formula is C17H21F4N5. The lowest BCUT2D eigenvalue weighted by Gasteiger charge is -2.14. The summed E-state index contributed by atoms with van der Waals surface area (Å²) in [6.45, 7) is 2.80. The Morgan fingerprint density at radius 2 is 1.85 bits per heavy atom. The largest absolute Gasteiger partial charge is 0.433 e. The van der Waals surface area contributed by atoms with Gasteiger partial charge in [0.15, 0.2) is 5.69 Å². The minimum Gasteiger partial charge on any atom is -0.354 e. The first-order valence-electron chi connectivity index (χ1n) is 8.03. The van der Waals surface area contributed by atoms with E-state index in [0.29, 0.717) is 17.8 Å². The summed E-state index contributed by atoms with van der Waals surface area (Å²) in [5.41, 5.74) is -0.325. The number of halogens is 4. The molecule has 2 rings (SSSR count). The van der Waals surface area contributed by atoms with Crippen LogP contribution >= 0.6 is 0 Å². The first kappa shape index (κ1) is 19.9. The average molecular weight is 371 g/mol. The SMILES string of the molecule is Cc1ccc(Nc2cc(C(F)(F)F)nc(NCCCN(C)C)n2)cc1F. The van der Waals surface area contributed by atoms with Gasteiger partial charge in [-0.15, -0.1) is 0 Å². The minimum atomic E-state index is -4.61. The van der Waals surface area contributed by atoms with E-state index in [-0.39, 0.29) is 11.8 Å². The normalized spacial score (nSPS) is 11.7. The van der Waals surface area contributed by atoms with Crippen molar-refractivity contribution in [3.8, 4) is 0 Å². The molecular weight excluding hydrogens is 350 g/mol. The van der Waals surface area contributed by atoms with Crippen molar-refractivity contribution in [2.24, 2.45) is 0 Å². The first-order chi connectivity index (χ1) is 12.1. The van der Waals surface area contributed by atoms with Crippen molar-refractivity contribution >= 4 is 17.5 Å². The van der Waals surface area contributed by atoms with E-state index in [2.05, 4.69) is 20.6 Å². The van der Waals surface area contributed by atoms with Gasteiger partial charge in [0.1, 0.15) is 11.6 Å². The summed E-state index contributed by atoms with van der Waals surface area (Å²) in [6, 6.07) is 5.10. The maximum Gasteiger partial charge on any atom is 0.433 e. The van der Waals surface area contributed by atoms with E-state index in [1.165, 1.54) is 12.1 Å². The van der Waals surface area contributed by atoms with Crippen LogP contribution in [0.2, 0.25) is 0 Å². The Labute approximate surface area is 149 Å². The van der Waals surface area contributed by atoms with E-state index in [4.69, 9.17) is 0 Å². The number of hydrogen-bond acceptors (Lipinski definition) is 5. The van der Waals surface area contributed by atoms with Gasteiger partial charge in [0, 0.05) is 18.3 Å². The van der Waals surface area contributed by atoms with E-state index in [1.807, 2.05) is 19.0 Å². The molecule has 1 heterocycles. The molecule has 0 aliphatic heterocycles. The van der Waals surface area contributed by atoms with Crippen LogP contribution in [-0.2, 0) is 6.18 Å². The molecule has 0 amide bonds. The number of nitrogens with one attached hydrogen (secondary N) is 2. The van der Waals surface area contributed by atoms with E-state index >= 15 is 0 Å². The Hall–Kier alpha value is -2.42. The Kier molecular flexibility index (Phi) is 6.36. The molecule has 26 heavy (non-hydrogen) atoms. The van der Waals surface area contributed by atoms with Gasteiger partial charge in [-0.05, 0) is 51.7 Å². The number of benzene rings is 1. The number of anilines is 3. The van der Waals surface area contributed by atoms with Gasteiger partial charge < -0.3 is 15.5 Å². The van der Waals surface area contributed by atoms with Gasteiger partial charge in [-0.25, -0.2) is 9.37 Å². The van der Waals surface area contributed by atoms with Crippen molar-refractivity contribution in [1.29, 1.82) is 0 Å². The molecule has 0 spiro atoms.